The summed E-state index contributed by atoms with van der Waals surface area (Å²) in [5.41, 5.74) is 0. The summed E-state index contributed by atoms with van der Waals surface area (Å²) in [4.78, 5) is -1.78. The average molecular weight is 252 g/mol. The van der Waals surface area contributed by atoms with E-state index in [1.807, 2.05) is 0 Å². The first-order valence-electron chi connectivity index (χ1n) is 3.02. The predicted octanol–water partition coefficient (Wildman–Crippen LogP) is -1.38. The van der Waals surface area contributed by atoms with Crippen LogP contribution in [0.1, 0.15) is 0 Å². The molecule has 0 bridgehead atoms. The summed E-state index contributed by atoms with van der Waals surface area (Å²) in [6.45, 7) is 0. The van der Waals surface area contributed by atoms with Gasteiger partial charge in [-0.1, -0.05) is 0 Å². The van der Waals surface area contributed by atoms with Crippen LogP contribution in [0.15, 0.2) is 4.90 Å². The quantitative estimate of drug-likeness (QED) is 0.290. The van der Waals surface area contributed by atoms with E-state index in [0.717, 1.165) is 0 Å². The summed E-state index contributed by atoms with van der Waals surface area (Å²) in [7, 11) is -3.47. The van der Waals surface area contributed by atoms with Crippen LogP contribution in [0.3, 0.4) is 0 Å². The van der Waals surface area contributed by atoms with Crippen molar-refractivity contribution in [1.82, 2.24) is 0 Å². The number of aromatic hydroxyl groups is 1. The molecular formula is C6HF4NaO3S. The maximum Gasteiger partial charge on any atom is 1.00 e. The Labute approximate surface area is 105 Å². The molecule has 0 saturated heterocycles. The van der Waals surface area contributed by atoms with E-state index in [0.29, 0.717) is 0 Å². The normalized spacial score (nSPS) is 10.2. The molecule has 0 spiro atoms. The molecular weight excluding hydrogens is 251 g/mol. The number of rotatable bonds is 1. The fourth-order valence-corrected chi connectivity index (χ4v) is 1.22. The van der Waals surface area contributed by atoms with E-state index in [1.54, 1.807) is 0 Å². The van der Waals surface area contributed by atoms with Crippen LogP contribution in [0.25, 0.3) is 0 Å². The largest absolute Gasteiger partial charge is 1.00 e. The van der Waals surface area contributed by atoms with Crippen molar-refractivity contribution >= 4 is 10.7 Å². The second-order valence-electron chi connectivity index (χ2n) is 2.17. The van der Waals surface area contributed by atoms with Crippen molar-refractivity contribution in [2.75, 3.05) is 0 Å². The molecule has 0 saturated carbocycles. The second-order valence-corrected chi connectivity index (χ2v) is 3.05. The fraction of sp³-hybridized carbons (Fsp3) is 0. The molecule has 0 aliphatic heterocycles. The Morgan fingerprint density at radius 3 is 1.47 bits per heavy atom. The van der Waals surface area contributed by atoms with Gasteiger partial charge in [0.2, 0.25) is 11.6 Å². The van der Waals surface area contributed by atoms with Crippen LogP contribution >= 0.6 is 0 Å². The molecule has 0 aromatic heterocycles. The standard InChI is InChI=1S/C6HF4O3S.Na/c7-1-3(9)6(14(12)13)4(10)2(8)5(1)11;/h11H;/q-1;+1. The van der Waals surface area contributed by atoms with E-state index in [4.69, 9.17) is 5.11 Å². The van der Waals surface area contributed by atoms with E-state index in [1.165, 1.54) is 0 Å². The third-order valence-corrected chi connectivity index (χ3v) is 2.06. The van der Waals surface area contributed by atoms with Gasteiger partial charge in [-0.25, -0.2) is 8.78 Å². The Balaban J connectivity index is 0.00000196. The molecule has 0 unspecified atom stereocenters. The van der Waals surface area contributed by atoms with Gasteiger partial charge in [-0.05, 0) is 15.6 Å². The van der Waals surface area contributed by atoms with Gasteiger partial charge >= 0.3 is 29.6 Å². The Morgan fingerprint density at radius 2 is 1.20 bits per heavy atom. The minimum atomic E-state index is -3.47. The predicted molar refractivity (Wildman–Crippen MR) is 34.9 cm³/mol. The maximum atomic E-state index is 12.6. The zero-order chi connectivity index (χ0) is 11.0. The van der Waals surface area contributed by atoms with Gasteiger partial charge < -0.3 is 13.5 Å². The Morgan fingerprint density at radius 1 is 0.867 bits per heavy atom. The van der Waals surface area contributed by atoms with Crippen molar-refractivity contribution in [2.24, 2.45) is 0 Å². The van der Waals surface area contributed by atoms with Gasteiger partial charge in [0.25, 0.3) is 0 Å². The van der Waals surface area contributed by atoms with E-state index in [9.17, 15) is 26.0 Å². The number of benzene rings is 1. The smallest absolute Gasteiger partial charge is 0.503 e. The van der Waals surface area contributed by atoms with Crippen molar-refractivity contribution < 1.29 is 60.6 Å². The molecule has 1 rings (SSSR count). The van der Waals surface area contributed by atoms with Crippen LogP contribution < -0.4 is 29.6 Å². The SMILES string of the molecule is O=[S-](=O)c1c(F)c(F)c(O)c(F)c1F.[Na+]. The maximum absolute atomic E-state index is 12.6. The number of halogens is 4. The van der Waals surface area contributed by atoms with Crippen LogP contribution in [-0.2, 0) is 19.1 Å². The van der Waals surface area contributed by atoms with Crippen LogP contribution in [0, 0.1) is 23.3 Å². The van der Waals surface area contributed by atoms with Crippen LogP contribution in [0.5, 0.6) is 5.75 Å². The summed E-state index contributed by atoms with van der Waals surface area (Å²) in [5, 5.41) is 8.44. The van der Waals surface area contributed by atoms with Gasteiger partial charge in [0, 0.05) is 0 Å². The second kappa shape index (κ2) is 5.15. The van der Waals surface area contributed by atoms with Gasteiger partial charge in [0.15, 0.2) is 17.4 Å². The van der Waals surface area contributed by atoms with Gasteiger partial charge in [-0.2, -0.15) is 8.78 Å². The minimum absolute atomic E-state index is 0. The van der Waals surface area contributed by atoms with E-state index >= 15 is 0 Å². The molecule has 15 heavy (non-hydrogen) atoms. The van der Waals surface area contributed by atoms with E-state index in [-0.39, 0.29) is 29.6 Å². The summed E-state index contributed by atoms with van der Waals surface area (Å²) >= 11 is 0. The third kappa shape index (κ3) is 2.44. The molecule has 0 aliphatic rings. The Bertz CT molecular complexity index is 437. The van der Waals surface area contributed by atoms with Gasteiger partial charge in [-0.15, -0.1) is 0 Å². The summed E-state index contributed by atoms with van der Waals surface area (Å²) in [5.74, 6) is -10.5. The van der Waals surface area contributed by atoms with Crippen LogP contribution in [-0.4, -0.2) is 5.11 Å². The molecule has 78 valence electrons. The summed E-state index contributed by atoms with van der Waals surface area (Å²) in [6.07, 6.45) is 0. The van der Waals surface area contributed by atoms with Crippen molar-refractivity contribution in [3.8, 4) is 5.75 Å². The number of phenolic OH excluding ortho intramolecular Hbond substituents is 1. The van der Waals surface area contributed by atoms with Crippen LogP contribution in [0.2, 0.25) is 0 Å². The van der Waals surface area contributed by atoms with E-state index in [2.05, 4.69) is 0 Å². The fourth-order valence-electron chi connectivity index (χ4n) is 0.746. The summed E-state index contributed by atoms with van der Waals surface area (Å²) < 4.78 is 70.5. The number of hydrogen-bond donors (Lipinski definition) is 1. The monoisotopic (exact) mass is 252 g/mol. The molecule has 0 heterocycles. The van der Waals surface area contributed by atoms with Crippen molar-refractivity contribution in [1.29, 1.82) is 0 Å². The van der Waals surface area contributed by atoms with E-state index < -0.39 is 44.6 Å². The molecule has 0 amide bonds. The first-order chi connectivity index (χ1) is 6.37. The van der Waals surface area contributed by atoms with Gasteiger partial charge in [-0.3, -0.25) is 0 Å². The molecule has 9 heteroatoms. The Hall–Kier alpha value is -0.310. The first kappa shape index (κ1) is 14.7. The van der Waals surface area contributed by atoms with Crippen molar-refractivity contribution in [3.63, 3.8) is 0 Å². The molecule has 1 aromatic carbocycles. The third-order valence-electron chi connectivity index (χ3n) is 1.37. The molecule has 1 N–H and O–H groups in total. The number of hydrogen-bond acceptors (Lipinski definition) is 4. The van der Waals surface area contributed by atoms with Crippen LogP contribution in [0.4, 0.5) is 17.6 Å². The van der Waals surface area contributed by atoms with Gasteiger partial charge in [0.1, 0.15) is 0 Å². The minimum Gasteiger partial charge on any atom is -0.503 e. The zero-order valence-electron chi connectivity index (χ0n) is 7.18. The topological polar surface area (TPSA) is 54.4 Å². The zero-order valence-corrected chi connectivity index (χ0v) is 10.0. The molecule has 0 aliphatic carbocycles. The Kier molecular flexibility index (Phi) is 5.04. The molecule has 0 radical (unpaired) electrons. The molecule has 0 fully saturated rings. The molecule has 3 nitrogen and oxygen atoms in total. The van der Waals surface area contributed by atoms with Gasteiger partial charge in [0.05, 0.1) is 0 Å². The number of phenols is 1. The first-order valence-corrected chi connectivity index (χ1v) is 4.09. The molecule has 1 aromatic rings. The summed E-state index contributed by atoms with van der Waals surface area (Å²) in [6, 6.07) is 0. The molecule has 0 atom stereocenters. The van der Waals surface area contributed by atoms with Crippen molar-refractivity contribution in [3.05, 3.63) is 23.3 Å². The average Bonchev–Trinajstić information content (AvgIpc) is 2.11. The van der Waals surface area contributed by atoms with Crippen molar-refractivity contribution in [2.45, 2.75) is 4.90 Å².